The molecule has 6 heteroatoms. The van der Waals surface area contributed by atoms with Crippen LogP contribution in [0.25, 0.3) is 6.08 Å². The van der Waals surface area contributed by atoms with Crippen LogP contribution in [0.5, 0.6) is 0 Å². The molecule has 0 unspecified atom stereocenters. The van der Waals surface area contributed by atoms with Crippen LogP contribution in [0.3, 0.4) is 0 Å². The third-order valence-electron chi connectivity index (χ3n) is 4.76. The summed E-state index contributed by atoms with van der Waals surface area (Å²) in [6.07, 6.45) is 1.70. The Kier molecular flexibility index (Phi) is 5.14. The maximum absolute atomic E-state index is 13.4. The first-order chi connectivity index (χ1) is 14.4. The fraction of sp³-hybridized carbons (Fsp3) is 0.0833. The van der Waals surface area contributed by atoms with Gasteiger partial charge in [0.25, 0.3) is 5.91 Å². The van der Waals surface area contributed by atoms with Crippen LogP contribution >= 0.6 is 0 Å². The lowest BCUT2D eigenvalue weighted by atomic mass is 10.1. The summed E-state index contributed by atoms with van der Waals surface area (Å²) in [7, 11) is 3.90. The van der Waals surface area contributed by atoms with Gasteiger partial charge in [0, 0.05) is 25.3 Å². The molecule has 1 aliphatic rings. The highest BCUT2D eigenvalue weighted by atomic mass is 19.1. The van der Waals surface area contributed by atoms with Crippen LogP contribution in [0.2, 0.25) is 0 Å². The minimum atomic E-state index is -0.401. The zero-order valence-electron chi connectivity index (χ0n) is 16.5. The Morgan fingerprint density at radius 1 is 0.833 bits per heavy atom. The minimum absolute atomic E-state index is 0.247. The van der Waals surface area contributed by atoms with Gasteiger partial charge in [0.15, 0.2) is 0 Å². The molecule has 3 aromatic rings. The first kappa shape index (κ1) is 19.5. The molecule has 1 amide bonds. The van der Waals surface area contributed by atoms with Gasteiger partial charge in [-0.25, -0.2) is 13.8 Å². The molecule has 150 valence electrons. The highest BCUT2D eigenvalue weighted by molar-refractivity contribution is 6.33. The molecule has 30 heavy (non-hydrogen) atoms. The lowest BCUT2D eigenvalue weighted by Crippen LogP contribution is -2.32. The highest BCUT2D eigenvalue weighted by Gasteiger charge is 2.32. The van der Waals surface area contributed by atoms with Gasteiger partial charge in [0.2, 0.25) is 0 Å². The first-order valence-electron chi connectivity index (χ1n) is 9.36. The van der Waals surface area contributed by atoms with Crippen molar-refractivity contribution in [2.45, 2.75) is 0 Å². The maximum Gasteiger partial charge on any atom is 0.282 e. The van der Waals surface area contributed by atoms with Gasteiger partial charge in [0.05, 0.1) is 5.69 Å². The van der Waals surface area contributed by atoms with Crippen molar-refractivity contribution in [3.63, 3.8) is 0 Å². The second kappa shape index (κ2) is 7.91. The van der Waals surface area contributed by atoms with E-state index < -0.39 is 5.82 Å². The summed E-state index contributed by atoms with van der Waals surface area (Å²) in [5, 5.41) is 0. The van der Waals surface area contributed by atoms with E-state index >= 15 is 0 Å². The zero-order valence-corrected chi connectivity index (χ0v) is 16.5. The normalized spacial score (nSPS) is 14.9. The van der Waals surface area contributed by atoms with Gasteiger partial charge in [-0.2, -0.15) is 0 Å². The van der Waals surface area contributed by atoms with E-state index in [1.807, 2.05) is 43.3 Å². The number of hydrogen-bond donors (Lipinski definition) is 0. The molecule has 0 radical (unpaired) electrons. The monoisotopic (exact) mass is 403 g/mol. The smallest absolute Gasteiger partial charge is 0.282 e. The average Bonchev–Trinajstić information content (AvgIpc) is 3.06. The van der Waals surface area contributed by atoms with Gasteiger partial charge in [-0.15, -0.1) is 0 Å². The summed E-state index contributed by atoms with van der Waals surface area (Å²) < 4.78 is 26.8. The van der Waals surface area contributed by atoms with Crippen LogP contribution in [0.4, 0.5) is 20.2 Å². The van der Waals surface area contributed by atoms with E-state index in [2.05, 4.69) is 4.99 Å². The van der Waals surface area contributed by atoms with E-state index in [4.69, 9.17) is 0 Å². The van der Waals surface area contributed by atoms with E-state index in [1.54, 1.807) is 18.2 Å². The number of halogens is 2. The second-order valence-electron chi connectivity index (χ2n) is 7.07. The molecule has 3 aromatic carbocycles. The Morgan fingerprint density at radius 2 is 1.40 bits per heavy atom. The standard InChI is InChI=1S/C24H19F2N3O/c1-28(2)20-11-3-16(4-12-20)15-22-24(30)29(21-13-9-19(26)10-14-21)23(27-22)17-5-7-18(25)8-6-17/h3-15H,1-2H3/b22-15+. The van der Waals surface area contributed by atoms with Crippen LogP contribution < -0.4 is 9.80 Å². The summed E-state index contributed by atoms with van der Waals surface area (Å²) >= 11 is 0. The molecule has 0 atom stereocenters. The van der Waals surface area contributed by atoms with Crippen molar-refractivity contribution in [3.05, 3.63) is 101 Å². The summed E-state index contributed by atoms with van der Waals surface area (Å²) in [5.41, 5.74) is 3.18. The van der Waals surface area contributed by atoms with Crippen LogP contribution in [0.1, 0.15) is 11.1 Å². The SMILES string of the molecule is CN(C)c1ccc(/C=C2/N=C(c3ccc(F)cc3)N(c3ccc(F)cc3)C2=O)cc1. The fourth-order valence-electron chi connectivity index (χ4n) is 3.17. The largest absolute Gasteiger partial charge is 0.378 e. The van der Waals surface area contributed by atoms with Gasteiger partial charge in [0.1, 0.15) is 23.2 Å². The molecule has 4 rings (SSSR count). The van der Waals surface area contributed by atoms with Crippen molar-refractivity contribution in [2.75, 3.05) is 23.9 Å². The van der Waals surface area contributed by atoms with Crippen molar-refractivity contribution in [1.29, 1.82) is 0 Å². The number of hydrogen-bond acceptors (Lipinski definition) is 3. The van der Waals surface area contributed by atoms with E-state index in [1.165, 1.54) is 41.3 Å². The predicted octanol–water partition coefficient (Wildman–Crippen LogP) is 4.87. The number of nitrogens with zero attached hydrogens (tertiary/aromatic N) is 3. The summed E-state index contributed by atoms with van der Waals surface area (Å²) in [4.78, 5) is 21.1. The quantitative estimate of drug-likeness (QED) is 0.583. The highest BCUT2D eigenvalue weighted by Crippen LogP contribution is 2.28. The van der Waals surface area contributed by atoms with Crippen molar-refractivity contribution >= 4 is 29.2 Å². The molecule has 0 saturated carbocycles. The van der Waals surface area contributed by atoms with E-state index in [9.17, 15) is 13.6 Å². The third-order valence-corrected chi connectivity index (χ3v) is 4.76. The van der Waals surface area contributed by atoms with Crippen molar-refractivity contribution in [3.8, 4) is 0 Å². The molecule has 0 fully saturated rings. The second-order valence-corrected chi connectivity index (χ2v) is 7.07. The molecule has 4 nitrogen and oxygen atoms in total. The summed E-state index contributed by atoms with van der Waals surface area (Å²) in [6.45, 7) is 0. The summed E-state index contributed by atoms with van der Waals surface area (Å²) in [5.74, 6) is -0.753. The number of amidine groups is 1. The topological polar surface area (TPSA) is 35.9 Å². The van der Waals surface area contributed by atoms with Crippen LogP contribution in [-0.4, -0.2) is 25.8 Å². The number of aliphatic imine (C=N–C) groups is 1. The van der Waals surface area contributed by atoms with Gasteiger partial charge in [-0.1, -0.05) is 12.1 Å². The molecule has 1 aliphatic heterocycles. The Hall–Kier alpha value is -3.80. The number of benzene rings is 3. The molecule has 0 aliphatic carbocycles. The maximum atomic E-state index is 13.4. The lowest BCUT2D eigenvalue weighted by Gasteiger charge is -2.18. The molecule has 0 bridgehead atoms. The number of carbonyl (C=O) groups is 1. The van der Waals surface area contributed by atoms with Crippen LogP contribution in [0.15, 0.2) is 83.5 Å². The molecular formula is C24H19F2N3O. The Labute approximate surface area is 173 Å². The Balaban J connectivity index is 1.77. The van der Waals surface area contributed by atoms with Gasteiger partial charge in [-0.05, 0) is 72.3 Å². The molecule has 0 aromatic heterocycles. The lowest BCUT2D eigenvalue weighted by molar-refractivity contribution is -0.113. The molecule has 1 heterocycles. The minimum Gasteiger partial charge on any atom is -0.378 e. The van der Waals surface area contributed by atoms with Gasteiger partial charge in [-0.3, -0.25) is 9.69 Å². The van der Waals surface area contributed by atoms with Crippen LogP contribution in [0, 0.1) is 11.6 Å². The van der Waals surface area contributed by atoms with Crippen LogP contribution in [-0.2, 0) is 4.79 Å². The van der Waals surface area contributed by atoms with Crippen molar-refractivity contribution in [1.82, 2.24) is 0 Å². The number of amides is 1. The number of rotatable bonds is 4. The van der Waals surface area contributed by atoms with E-state index in [0.29, 0.717) is 17.1 Å². The van der Waals surface area contributed by atoms with Crippen molar-refractivity contribution < 1.29 is 13.6 Å². The zero-order chi connectivity index (χ0) is 21.3. The third kappa shape index (κ3) is 3.85. The Bertz CT molecular complexity index is 1130. The first-order valence-corrected chi connectivity index (χ1v) is 9.36. The van der Waals surface area contributed by atoms with E-state index in [-0.39, 0.29) is 17.4 Å². The predicted molar refractivity (Wildman–Crippen MR) is 116 cm³/mol. The molecular weight excluding hydrogens is 384 g/mol. The van der Waals surface area contributed by atoms with E-state index in [0.717, 1.165) is 11.3 Å². The molecule has 0 saturated heterocycles. The number of carbonyl (C=O) groups excluding carboxylic acids is 1. The molecule has 0 N–H and O–H groups in total. The van der Waals surface area contributed by atoms with Crippen molar-refractivity contribution in [2.24, 2.45) is 4.99 Å². The Morgan fingerprint density at radius 3 is 1.97 bits per heavy atom. The average molecular weight is 403 g/mol. The molecule has 0 spiro atoms. The number of anilines is 2. The van der Waals surface area contributed by atoms with Gasteiger partial charge >= 0.3 is 0 Å². The fourth-order valence-corrected chi connectivity index (χ4v) is 3.17. The van der Waals surface area contributed by atoms with Gasteiger partial charge < -0.3 is 4.90 Å². The summed E-state index contributed by atoms with van der Waals surface area (Å²) in [6, 6.07) is 19.1.